The van der Waals surface area contributed by atoms with Gasteiger partial charge in [-0.05, 0) is 24.3 Å². The number of hydrogen-bond acceptors (Lipinski definition) is 9. The molecule has 3 aromatic rings. The molecule has 0 unspecified atom stereocenters. The first-order chi connectivity index (χ1) is 16.3. The second-order valence-corrected chi connectivity index (χ2v) is 9.24. The lowest BCUT2D eigenvalue weighted by Crippen LogP contribution is -2.26. The Kier molecular flexibility index (Phi) is 7.00. The van der Waals surface area contributed by atoms with Gasteiger partial charge in [0.05, 0.1) is 29.7 Å². The Morgan fingerprint density at radius 3 is 2.54 bits per heavy atom. The van der Waals surface area contributed by atoms with Gasteiger partial charge in [0.1, 0.15) is 17.1 Å². The number of nitrogens with two attached hydrogens (primary N) is 1. The zero-order chi connectivity index (χ0) is 26.0. The van der Waals surface area contributed by atoms with Gasteiger partial charge in [-0.1, -0.05) is 0 Å². The van der Waals surface area contributed by atoms with Crippen molar-refractivity contribution in [3.63, 3.8) is 0 Å². The number of hydrogen-bond donors (Lipinski definition) is 4. The SMILES string of the molecule is CN(c1cccnc1CNc1nc(Nc2ccc(C(N)=O)c(O)c2)ncc1C(F)(F)F)S(C)(=O)=O. The highest BCUT2D eigenvalue weighted by molar-refractivity contribution is 7.92. The molecule has 0 saturated heterocycles. The number of alkyl halides is 3. The summed E-state index contributed by atoms with van der Waals surface area (Å²) in [5.74, 6) is -2.14. The molecule has 0 aliphatic heterocycles. The number of aromatic hydroxyl groups is 1. The molecule has 5 N–H and O–H groups in total. The van der Waals surface area contributed by atoms with Crippen molar-refractivity contribution in [3.8, 4) is 5.75 Å². The highest BCUT2D eigenvalue weighted by Crippen LogP contribution is 2.35. The van der Waals surface area contributed by atoms with Crippen LogP contribution in [0.4, 0.5) is 36.3 Å². The number of rotatable bonds is 8. The summed E-state index contributed by atoms with van der Waals surface area (Å²) >= 11 is 0. The van der Waals surface area contributed by atoms with E-state index in [9.17, 15) is 31.5 Å². The van der Waals surface area contributed by atoms with Gasteiger partial charge in [0.2, 0.25) is 16.0 Å². The van der Waals surface area contributed by atoms with E-state index in [-0.39, 0.29) is 35.1 Å². The molecule has 35 heavy (non-hydrogen) atoms. The molecule has 11 nitrogen and oxygen atoms in total. The number of carbonyl (C=O) groups excluding carboxylic acids is 1. The predicted octanol–water partition coefficient (Wildman–Crippen LogP) is 2.45. The van der Waals surface area contributed by atoms with Gasteiger partial charge in [0.25, 0.3) is 5.91 Å². The second kappa shape index (κ2) is 9.61. The van der Waals surface area contributed by atoms with Crippen LogP contribution in [0, 0.1) is 0 Å². The van der Waals surface area contributed by atoms with Gasteiger partial charge in [-0.2, -0.15) is 18.2 Å². The van der Waals surface area contributed by atoms with Gasteiger partial charge in [0.15, 0.2) is 0 Å². The molecule has 1 amide bonds. The molecule has 0 radical (unpaired) electrons. The molecule has 0 fully saturated rings. The molecule has 0 spiro atoms. The topological polar surface area (TPSA) is 163 Å². The van der Waals surface area contributed by atoms with Crippen LogP contribution in [-0.4, -0.2) is 47.7 Å². The summed E-state index contributed by atoms with van der Waals surface area (Å²) in [5.41, 5.74) is 4.34. The van der Waals surface area contributed by atoms with E-state index in [0.717, 1.165) is 16.6 Å². The molecule has 0 bridgehead atoms. The predicted molar refractivity (Wildman–Crippen MR) is 122 cm³/mol. The highest BCUT2D eigenvalue weighted by Gasteiger charge is 2.35. The first-order valence-corrected chi connectivity index (χ1v) is 11.6. The summed E-state index contributed by atoms with van der Waals surface area (Å²) in [6.45, 7) is -0.288. The molecular weight excluding hydrogens is 491 g/mol. The zero-order valence-electron chi connectivity index (χ0n) is 18.3. The van der Waals surface area contributed by atoms with Crippen molar-refractivity contribution in [2.45, 2.75) is 12.7 Å². The lowest BCUT2D eigenvalue weighted by molar-refractivity contribution is -0.137. The summed E-state index contributed by atoms with van der Waals surface area (Å²) < 4.78 is 65.4. The molecule has 1 aromatic carbocycles. The Bertz CT molecular complexity index is 1370. The Morgan fingerprint density at radius 1 is 1.23 bits per heavy atom. The molecule has 15 heteroatoms. The van der Waals surface area contributed by atoms with Gasteiger partial charge in [-0.15, -0.1) is 0 Å². The summed E-state index contributed by atoms with van der Waals surface area (Å²) in [7, 11) is -2.35. The number of anilines is 4. The molecule has 3 rings (SSSR count). The van der Waals surface area contributed by atoms with Crippen LogP contribution >= 0.6 is 0 Å². The number of phenols is 1. The Balaban J connectivity index is 1.92. The lowest BCUT2D eigenvalue weighted by atomic mass is 10.1. The van der Waals surface area contributed by atoms with E-state index in [1.165, 1.54) is 37.5 Å². The van der Waals surface area contributed by atoms with E-state index in [2.05, 4.69) is 25.6 Å². The number of amides is 1. The molecule has 186 valence electrons. The first-order valence-electron chi connectivity index (χ1n) is 9.73. The van der Waals surface area contributed by atoms with Crippen molar-refractivity contribution in [2.75, 3.05) is 28.2 Å². The van der Waals surface area contributed by atoms with E-state index in [4.69, 9.17) is 5.73 Å². The third-order valence-corrected chi connectivity index (χ3v) is 5.93. The van der Waals surface area contributed by atoms with Crippen molar-refractivity contribution in [1.29, 1.82) is 0 Å². The van der Waals surface area contributed by atoms with Gasteiger partial charge < -0.3 is 21.5 Å². The zero-order valence-corrected chi connectivity index (χ0v) is 19.1. The van der Waals surface area contributed by atoms with Crippen LogP contribution < -0.4 is 20.7 Å². The largest absolute Gasteiger partial charge is 0.507 e. The monoisotopic (exact) mass is 511 g/mol. The van der Waals surface area contributed by atoms with E-state index in [1.807, 2.05) is 0 Å². The van der Waals surface area contributed by atoms with Crippen molar-refractivity contribution >= 4 is 39.1 Å². The van der Waals surface area contributed by atoms with Crippen molar-refractivity contribution in [3.05, 3.63) is 59.5 Å². The minimum atomic E-state index is -4.79. The van der Waals surface area contributed by atoms with E-state index < -0.39 is 39.2 Å². The minimum absolute atomic E-state index is 0.142. The lowest BCUT2D eigenvalue weighted by Gasteiger charge is -2.20. The molecule has 2 heterocycles. The number of benzene rings is 1. The number of halogens is 3. The van der Waals surface area contributed by atoms with Crippen LogP contribution in [0.5, 0.6) is 5.75 Å². The second-order valence-electron chi connectivity index (χ2n) is 7.23. The average Bonchev–Trinajstić information content (AvgIpc) is 2.76. The molecular formula is C20H20F3N7O4S. The third kappa shape index (κ3) is 6.06. The van der Waals surface area contributed by atoms with Crippen LogP contribution in [0.2, 0.25) is 0 Å². The van der Waals surface area contributed by atoms with Crippen LogP contribution in [0.3, 0.4) is 0 Å². The maximum Gasteiger partial charge on any atom is 0.421 e. The number of pyridine rings is 1. The fourth-order valence-electron chi connectivity index (χ4n) is 2.93. The normalized spacial score (nSPS) is 11.7. The summed E-state index contributed by atoms with van der Waals surface area (Å²) in [6, 6.07) is 6.67. The number of aromatic nitrogens is 3. The van der Waals surface area contributed by atoms with Crippen LogP contribution in [0.25, 0.3) is 0 Å². The Morgan fingerprint density at radius 2 is 1.94 bits per heavy atom. The Hall–Kier alpha value is -4.14. The molecule has 0 aliphatic carbocycles. The van der Waals surface area contributed by atoms with E-state index in [0.29, 0.717) is 6.20 Å². The quantitative estimate of drug-likeness (QED) is 0.356. The number of nitrogens with zero attached hydrogens (tertiary/aromatic N) is 4. The summed E-state index contributed by atoms with van der Waals surface area (Å²) in [4.78, 5) is 22.8. The number of carbonyl (C=O) groups is 1. The number of primary amides is 1. The standard InChI is InChI=1S/C20H20F3N7O4S/c1-30(35(2,33)34)15-4-3-7-25-14(15)10-26-18-13(20(21,22)23)9-27-19(29-18)28-11-5-6-12(17(24)32)16(31)8-11/h3-9,31H,10H2,1-2H3,(H2,24,32)(H2,26,27,28,29). The van der Waals surface area contributed by atoms with Crippen molar-refractivity contribution < 1.29 is 31.5 Å². The number of nitrogens with one attached hydrogen (secondary N) is 2. The maximum absolute atomic E-state index is 13.5. The van der Waals surface area contributed by atoms with E-state index in [1.54, 1.807) is 0 Å². The van der Waals surface area contributed by atoms with Crippen LogP contribution in [-0.2, 0) is 22.7 Å². The first kappa shape index (κ1) is 25.5. The van der Waals surface area contributed by atoms with Crippen LogP contribution in [0.1, 0.15) is 21.6 Å². The smallest absolute Gasteiger partial charge is 0.421 e. The molecule has 0 saturated carbocycles. The van der Waals surface area contributed by atoms with Crippen molar-refractivity contribution in [2.24, 2.45) is 5.73 Å². The summed E-state index contributed by atoms with van der Waals surface area (Å²) in [6.07, 6.45) is -1.87. The minimum Gasteiger partial charge on any atom is -0.507 e. The van der Waals surface area contributed by atoms with Gasteiger partial charge in [0, 0.05) is 31.2 Å². The third-order valence-electron chi connectivity index (χ3n) is 4.74. The fourth-order valence-corrected chi connectivity index (χ4v) is 3.45. The van der Waals surface area contributed by atoms with Crippen molar-refractivity contribution in [1.82, 2.24) is 15.0 Å². The van der Waals surface area contributed by atoms with Gasteiger partial charge in [-0.3, -0.25) is 14.1 Å². The molecule has 0 atom stereocenters. The van der Waals surface area contributed by atoms with E-state index >= 15 is 0 Å². The molecule has 0 aliphatic rings. The van der Waals surface area contributed by atoms with Gasteiger partial charge >= 0.3 is 6.18 Å². The average molecular weight is 511 g/mol. The van der Waals surface area contributed by atoms with Gasteiger partial charge in [-0.25, -0.2) is 13.4 Å². The maximum atomic E-state index is 13.5. The fraction of sp³-hybridized carbons (Fsp3) is 0.200. The summed E-state index contributed by atoms with van der Waals surface area (Å²) in [5, 5.41) is 15.1. The Labute approximate surface area is 197 Å². The number of sulfonamides is 1. The molecule has 2 aromatic heterocycles. The highest BCUT2D eigenvalue weighted by atomic mass is 32.2. The van der Waals surface area contributed by atoms with Crippen LogP contribution in [0.15, 0.2) is 42.7 Å².